The highest BCUT2D eigenvalue weighted by molar-refractivity contribution is 5.37. The van der Waals surface area contributed by atoms with Gasteiger partial charge in [-0.3, -0.25) is 4.90 Å². The van der Waals surface area contributed by atoms with Gasteiger partial charge >= 0.3 is 0 Å². The van der Waals surface area contributed by atoms with Crippen LogP contribution in [0.2, 0.25) is 0 Å². The third-order valence-electron chi connectivity index (χ3n) is 4.78. The summed E-state index contributed by atoms with van der Waals surface area (Å²) in [5.41, 5.74) is 12.6. The zero-order valence-corrected chi connectivity index (χ0v) is 16.3. The predicted molar refractivity (Wildman–Crippen MR) is 108 cm³/mol. The van der Waals surface area contributed by atoms with Crippen LogP contribution in [0.4, 0.5) is 0 Å². The predicted octanol–water partition coefficient (Wildman–Crippen LogP) is 3.50. The van der Waals surface area contributed by atoms with E-state index < -0.39 is 0 Å². The molecule has 0 unspecified atom stereocenters. The van der Waals surface area contributed by atoms with Crippen LogP contribution in [0.15, 0.2) is 42.5 Å². The molecule has 3 heteroatoms. The molecule has 0 atom stereocenters. The fraction of sp³-hybridized carbons (Fsp3) is 0.455. The first-order valence-corrected chi connectivity index (χ1v) is 9.21. The Morgan fingerprint density at radius 3 is 2.08 bits per heavy atom. The number of likely N-dealkylation sites (N-methyl/N-ethyl adjacent to an activating group) is 1. The first kappa shape index (κ1) is 19.6. The maximum absolute atomic E-state index is 5.68. The SMILES string of the molecule is Cc1cc(C)c(CN(CCN(C)CCN)Cc2ccccc2)c(C)c1. The van der Waals surface area contributed by atoms with Crippen molar-refractivity contribution in [1.82, 2.24) is 9.80 Å². The highest BCUT2D eigenvalue weighted by Gasteiger charge is 2.12. The zero-order chi connectivity index (χ0) is 18.2. The summed E-state index contributed by atoms with van der Waals surface area (Å²) >= 11 is 0. The summed E-state index contributed by atoms with van der Waals surface area (Å²) < 4.78 is 0. The number of hydrogen-bond acceptors (Lipinski definition) is 3. The summed E-state index contributed by atoms with van der Waals surface area (Å²) in [5.74, 6) is 0. The summed E-state index contributed by atoms with van der Waals surface area (Å²) in [4.78, 5) is 4.86. The van der Waals surface area contributed by atoms with Gasteiger partial charge in [-0.05, 0) is 50.1 Å². The summed E-state index contributed by atoms with van der Waals surface area (Å²) in [5, 5.41) is 0. The van der Waals surface area contributed by atoms with Gasteiger partial charge in [0.15, 0.2) is 0 Å². The van der Waals surface area contributed by atoms with Crippen LogP contribution in [-0.4, -0.2) is 43.0 Å². The lowest BCUT2D eigenvalue weighted by Gasteiger charge is -2.27. The molecule has 0 heterocycles. The molecule has 0 fully saturated rings. The molecule has 0 radical (unpaired) electrons. The van der Waals surface area contributed by atoms with Crippen LogP contribution in [0.3, 0.4) is 0 Å². The van der Waals surface area contributed by atoms with E-state index in [-0.39, 0.29) is 0 Å². The maximum atomic E-state index is 5.68. The normalized spacial score (nSPS) is 11.5. The van der Waals surface area contributed by atoms with Crippen molar-refractivity contribution in [1.29, 1.82) is 0 Å². The molecule has 0 saturated heterocycles. The van der Waals surface area contributed by atoms with E-state index >= 15 is 0 Å². The van der Waals surface area contributed by atoms with Gasteiger partial charge in [0, 0.05) is 39.3 Å². The van der Waals surface area contributed by atoms with Crippen molar-refractivity contribution >= 4 is 0 Å². The summed E-state index contributed by atoms with van der Waals surface area (Å²) in [6.07, 6.45) is 0. The highest BCUT2D eigenvalue weighted by Crippen LogP contribution is 2.19. The molecule has 0 aromatic heterocycles. The minimum absolute atomic E-state index is 0.714. The molecule has 0 aliphatic heterocycles. The van der Waals surface area contributed by atoms with Crippen molar-refractivity contribution in [2.75, 3.05) is 33.2 Å². The second kappa shape index (κ2) is 9.71. The largest absolute Gasteiger partial charge is 0.329 e. The van der Waals surface area contributed by atoms with Crippen molar-refractivity contribution in [3.63, 3.8) is 0 Å². The molecule has 0 bridgehead atoms. The number of hydrogen-bond donors (Lipinski definition) is 1. The second-order valence-electron chi connectivity index (χ2n) is 7.17. The van der Waals surface area contributed by atoms with Gasteiger partial charge in [-0.1, -0.05) is 48.0 Å². The minimum atomic E-state index is 0.714. The number of benzene rings is 2. The second-order valence-corrected chi connectivity index (χ2v) is 7.17. The van der Waals surface area contributed by atoms with Crippen LogP contribution >= 0.6 is 0 Å². The van der Waals surface area contributed by atoms with Gasteiger partial charge in [-0.2, -0.15) is 0 Å². The van der Waals surface area contributed by atoms with E-state index in [1.807, 2.05) is 0 Å². The monoisotopic (exact) mass is 339 g/mol. The molecule has 0 aliphatic rings. The maximum Gasteiger partial charge on any atom is 0.0243 e. The molecule has 136 valence electrons. The fourth-order valence-electron chi connectivity index (χ4n) is 3.38. The van der Waals surface area contributed by atoms with Gasteiger partial charge in [-0.25, -0.2) is 0 Å². The van der Waals surface area contributed by atoms with Gasteiger partial charge in [0.25, 0.3) is 0 Å². The lowest BCUT2D eigenvalue weighted by atomic mass is 9.99. The minimum Gasteiger partial charge on any atom is -0.329 e. The number of rotatable bonds is 9. The van der Waals surface area contributed by atoms with E-state index in [2.05, 4.69) is 80.1 Å². The van der Waals surface area contributed by atoms with Gasteiger partial charge in [0.05, 0.1) is 0 Å². The Labute approximate surface area is 153 Å². The fourth-order valence-corrected chi connectivity index (χ4v) is 3.38. The van der Waals surface area contributed by atoms with E-state index in [1.165, 1.54) is 27.8 Å². The lowest BCUT2D eigenvalue weighted by molar-refractivity contribution is 0.213. The van der Waals surface area contributed by atoms with Gasteiger partial charge in [-0.15, -0.1) is 0 Å². The van der Waals surface area contributed by atoms with Crippen LogP contribution in [-0.2, 0) is 13.1 Å². The van der Waals surface area contributed by atoms with Crippen LogP contribution in [0, 0.1) is 20.8 Å². The van der Waals surface area contributed by atoms with Crippen LogP contribution in [0.25, 0.3) is 0 Å². The van der Waals surface area contributed by atoms with Gasteiger partial charge < -0.3 is 10.6 Å². The molecule has 0 spiro atoms. The first-order chi connectivity index (χ1) is 12.0. The van der Waals surface area contributed by atoms with Crippen LogP contribution in [0.1, 0.15) is 27.8 Å². The Morgan fingerprint density at radius 1 is 0.840 bits per heavy atom. The van der Waals surface area contributed by atoms with E-state index in [0.717, 1.165) is 32.7 Å². The van der Waals surface area contributed by atoms with Gasteiger partial charge in [0.2, 0.25) is 0 Å². The molecule has 0 aliphatic carbocycles. The molecule has 25 heavy (non-hydrogen) atoms. The average Bonchev–Trinajstić information content (AvgIpc) is 2.57. The molecular formula is C22H33N3. The van der Waals surface area contributed by atoms with Crippen molar-refractivity contribution in [2.45, 2.75) is 33.9 Å². The third kappa shape index (κ3) is 6.28. The Bertz CT molecular complexity index is 629. The Balaban J connectivity index is 2.13. The quantitative estimate of drug-likeness (QED) is 0.759. The van der Waals surface area contributed by atoms with E-state index in [1.54, 1.807) is 0 Å². The highest BCUT2D eigenvalue weighted by atomic mass is 15.2. The van der Waals surface area contributed by atoms with Gasteiger partial charge in [0.1, 0.15) is 0 Å². The zero-order valence-electron chi connectivity index (χ0n) is 16.3. The van der Waals surface area contributed by atoms with E-state index in [0.29, 0.717) is 6.54 Å². The van der Waals surface area contributed by atoms with Crippen molar-refractivity contribution in [3.05, 3.63) is 70.3 Å². The van der Waals surface area contributed by atoms with Crippen LogP contribution in [0.5, 0.6) is 0 Å². The molecule has 2 N–H and O–H groups in total. The Hall–Kier alpha value is -1.68. The number of aryl methyl sites for hydroxylation is 3. The van der Waals surface area contributed by atoms with Crippen molar-refractivity contribution in [3.8, 4) is 0 Å². The standard InChI is InChI=1S/C22H33N3/c1-18-14-19(2)22(20(3)15-18)17-25(13-12-24(4)11-10-23)16-21-8-6-5-7-9-21/h5-9,14-15H,10-13,16-17,23H2,1-4H3. The van der Waals surface area contributed by atoms with E-state index in [9.17, 15) is 0 Å². The molecule has 3 nitrogen and oxygen atoms in total. The summed E-state index contributed by atoms with van der Waals surface area (Å²) in [6.45, 7) is 12.3. The molecule has 0 amide bonds. The van der Waals surface area contributed by atoms with Crippen molar-refractivity contribution in [2.24, 2.45) is 5.73 Å². The third-order valence-corrected chi connectivity index (χ3v) is 4.78. The molecule has 0 saturated carbocycles. The Morgan fingerprint density at radius 2 is 1.48 bits per heavy atom. The molecule has 2 aromatic carbocycles. The molecule has 2 rings (SSSR count). The Kier molecular flexibility index (Phi) is 7.63. The topological polar surface area (TPSA) is 32.5 Å². The smallest absolute Gasteiger partial charge is 0.0243 e. The number of nitrogens with two attached hydrogens (primary N) is 1. The summed E-state index contributed by atoms with van der Waals surface area (Å²) in [6, 6.07) is 15.3. The first-order valence-electron chi connectivity index (χ1n) is 9.21. The summed E-state index contributed by atoms with van der Waals surface area (Å²) in [7, 11) is 2.15. The van der Waals surface area contributed by atoms with E-state index in [4.69, 9.17) is 5.73 Å². The van der Waals surface area contributed by atoms with Crippen LogP contribution < -0.4 is 5.73 Å². The molecule has 2 aromatic rings. The number of nitrogens with zero attached hydrogens (tertiary/aromatic N) is 2. The molecular weight excluding hydrogens is 306 g/mol. The van der Waals surface area contributed by atoms with Crippen molar-refractivity contribution < 1.29 is 0 Å². The average molecular weight is 340 g/mol. The lowest BCUT2D eigenvalue weighted by Crippen LogP contribution is -2.35.